The Balaban J connectivity index is 1.90. The predicted octanol–water partition coefficient (Wildman–Crippen LogP) is 2.27. The summed E-state index contributed by atoms with van der Waals surface area (Å²) in [5, 5.41) is 2.80. The molecule has 1 heterocycles. The normalized spacial score (nSPS) is 10.6. The molecule has 1 aromatic heterocycles. The number of nitrogens with one attached hydrogen (secondary N) is 2. The number of unbranched alkanes of at least 4 members (excludes halogenated alkanes) is 1. The highest BCUT2D eigenvalue weighted by atomic mass is 16.2. The van der Waals surface area contributed by atoms with Crippen LogP contribution in [0.15, 0.2) is 64.2 Å². The summed E-state index contributed by atoms with van der Waals surface area (Å²) in [6.45, 7) is 2.38. The van der Waals surface area contributed by atoms with Gasteiger partial charge in [0.05, 0.1) is 6.54 Å². The third kappa shape index (κ3) is 6.41. The molecule has 2 amide bonds. The lowest BCUT2D eigenvalue weighted by Crippen LogP contribution is -2.41. The highest BCUT2D eigenvalue weighted by Gasteiger charge is 2.22. The van der Waals surface area contributed by atoms with E-state index in [4.69, 9.17) is 5.73 Å². The van der Waals surface area contributed by atoms with Gasteiger partial charge in [-0.1, -0.05) is 43.7 Å². The third-order valence-electron chi connectivity index (χ3n) is 5.64. The number of benzene rings is 2. The average molecular weight is 493 g/mol. The second-order valence-corrected chi connectivity index (χ2v) is 8.67. The zero-order chi connectivity index (χ0) is 26.2. The molecule has 10 nitrogen and oxygen atoms in total. The summed E-state index contributed by atoms with van der Waals surface area (Å²) < 4.78 is 1.33. The summed E-state index contributed by atoms with van der Waals surface area (Å²) in [5.41, 5.74) is 7.01. The molecule has 0 saturated heterocycles. The molecule has 4 N–H and O–H groups in total. The topological polar surface area (TPSA) is 134 Å². The van der Waals surface area contributed by atoms with Crippen molar-refractivity contribution in [1.29, 1.82) is 0 Å². The Morgan fingerprint density at radius 2 is 1.69 bits per heavy atom. The highest BCUT2D eigenvalue weighted by molar-refractivity contribution is 5.96. The number of carbonyl (C=O) groups is 2. The monoisotopic (exact) mass is 492 g/mol. The Kier molecular flexibility index (Phi) is 8.66. The van der Waals surface area contributed by atoms with Crippen LogP contribution in [0.3, 0.4) is 0 Å². The number of aromatic amines is 1. The predicted molar refractivity (Wildman–Crippen MR) is 141 cm³/mol. The smallest absolute Gasteiger partial charge is 0.330 e. The third-order valence-corrected chi connectivity index (χ3v) is 5.64. The zero-order valence-corrected chi connectivity index (χ0v) is 20.8. The van der Waals surface area contributed by atoms with Crippen molar-refractivity contribution in [2.75, 3.05) is 36.6 Å². The summed E-state index contributed by atoms with van der Waals surface area (Å²) in [7, 11) is 3.33. The minimum absolute atomic E-state index is 0.0208. The molecule has 0 saturated carbocycles. The fourth-order valence-electron chi connectivity index (χ4n) is 3.77. The molecule has 3 rings (SSSR count). The number of anilines is 3. The lowest BCUT2D eigenvalue weighted by atomic mass is 10.2. The van der Waals surface area contributed by atoms with Gasteiger partial charge in [-0.2, -0.15) is 0 Å². The van der Waals surface area contributed by atoms with Crippen molar-refractivity contribution in [3.8, 4) is 0 Å². The summed E-state index contributed by atoms with van der Waals surface area (Å²) in [5.74, 6) is -0.509. The number of H-pyrrole nitrogens is 1. The van der Waals surface area contributed by atoms with Gasteiger partial charge in [-0.15, -0.1) is 0 Å². The van der Waals surface area contributed by atoms with Crippen LogP contribution in [0.4, 0.5) is 17.2 Å². The largest absolute Gasteiger partial charge is 0.383 e. The van der Waals surface area contributed by atoms with E-state index in [0.717, 1.165) is 12.0 Å². The molecular weight excluding hydrogens is 460 g/mol. The quantitative estimate of drug-likeness (QED) is 0.398. The lowest BCUT2D eigenvalue weighted by Gasteiger charge is -2.26. The zero-order valence-electron chi connectivity index (χ0n) is 20.8. The van der Waals surface area contributed by atoms with Crippen molar-refractivity contribution in [2.24, 2.45) is 0 Å². The van der Waals surface area contributed by atoms with Crippen molar-refractivity contribution >= 4 is 29.0 Å². The van der Waals surface area contributed by atoms with Crippen molar-refractivity contribution in [3.05, 3.63) is 86.6 Å². The molecule has 190 valence electrons. The molecule has 0 aliphatic heterocycles. The number of carbonyl (C=O) groups excluding carboxylic acids is 2. The van der Waals surface area contributed by atoms with Crippen LogP contribution in [0.2, 0.25) is 0 Å². The second kappa shape index (κ2) is 11.9. The number of hydrogen-bond acceptors (Lipinski definition) is 6. The minimum atomic E-state index is -0.652. The van der Waals surface area contributed by atoms with Crippen LogP contribution in [0, 0.1) is 0 Å². The lowest BCUT2D eigenvalue weighted by molar-refractivity contribution is -0.115. The first-order chi connectivity index (χ1) is 17.2. The Morgan fingerprint density at radius 3 is 2.31 bits per heavy atom. The first-order valence-electron chi connectivity index (χ1n) is 11.7. The summed E-state index contributed by atoms with van der Waals surface area (Å²) >= 11 is 0. The first-order valence-corrected chi connectivity index (χ1v) is 11.7. The van der Waals surface area contributed by atoms with Crippen molar-refractivity contribution in [3.63, 3.8) is 0 Å². The molecule has 0 radical (unpaired) electrons. The van der Waals surface area contributed by atoms with Crippen LogP contribution >= 0.6 is 0 Å². The average Bonchev–Trinajstić information content (AvgIpc) is 2.84. The molecule has 0 unspecified atom stereocenters. The molecular formula is C26H32N6O4. The van der Waals surface area contributed by atoms with Crippen molar-refractivity contribution in [2.45, 2.75) is 32.9 Å². The van der Waals surface area contributed by atoms with Gasteiger partial charge < -0.3 is 20.9 Å². The Hall–Kier alpha value is -4.34. The Bertz CT molecular complexity index is 1310. The van der Waals surface area contributed by atoms with Gasteiger partial charge in [0.15, 0.2) is 0 Å². The standard InChI is InChI=1S/C26H32N6O4/c1-4-5-15-32-23(27)22(24(34)29-26(32)36)31(16-18-9-7-6-8-10-18)17-21(33)28-20-13-11-19(12-14-20)25(35)30(2)3/h6-14H,4-5,15-17,27H2,1-3H3,(H,28,33)(H,29,34,36). The number of nitrogens with zero attached hydrogens (tertiary/aromatic N) is 3. The van der Waals surface area contributed by atoms with Crippen molar-refractivity contribution < 1.29 is 9.59 Å². The number of aromatic nitrogens is 2. The summed E-state index contributed by atoms with van der Waals surface area (Å²) in [4.78, 5) is 55.7. The van der Waals surface area contributed by atoms with Gasteiger partial charge in [-0.3, -0.25) is 23.9 Å². The number of amides is 2. The van der Waals surface area contributed by atoms with Gasteiger partial charge in [0.2, 0.25) is 5.91 Å². The van der Waals surface area contributed by atoms with Crippen LogP contribution in [0.1, 0.15) is 35.7 Å². The van der Waals surface area contributed by atoms with Gasteiger partial charge in [0.25, 0.3) is 11.5 Å². The molecule has 0 bridgehead atoms. The second-order valence-electron chi connectivity index (χ2n) is 8.67. The number of hydrogen-bond donors (Lipinski definition) is 3. The van der Waals surface area contributed by atoms with Crippen LogP contribution in [-0.2, 0) is 17.9 Å². The van der Waals surface area contributed by atoms with Gasteiger partial charge in [0.1, 0.15) is 11.5 Å². The fourth-order valence-corrected chi connectivity index (χ4v) is 3.77. The molecule has 0 aliphatic carbocycles. The maximum Gasteiger partial charge on any atom is 0.330 e. The van der Waals surface area contributed by atoms with E-state index in [1.54, 1.807) is 43.3 Å². The number of nitrogen functional groups attached to an aromatic ring is 1. The first kappa shape index (κ1) is 26.3. The Labute approximate surface area is 209 Å². The van der Waals surface area contributed by atoms with Crippen LogP contribution in [-0.4, -0.2) is 46.9 Å². The van der Waals surface area contributed by atoms with E-state index in [1.165, 1.54) is 9.47 Å². The molecule has 0 fully saturated rings. The van der Waals surface area contributed by atoms with E-state index in [0.29, 0.717) is 24.2 Å². The van der Waals surface area contributed by atoms with Gasteiger partial charge in [0, 0.05) is 38.4 Å². The molecule has 0 spiro atoms. The van der Waals surface area contributed by atoms with E-state index in [9.17, 15) is 19.2 Å². The van der Waals surface area contributed by atoms with Crippen LogP contribution in [0.25, 0.3) is 0 Å². The van der Waals surface area contributed by atoms with E-state index in [2.05, 4.69) is 10.3 Å². The van der Waals surface area contributed by atoms with Gasteiger partial charge in [-0.25, -0.2) is 4.79 Å². The maximum absolute atomic E-state index is 13.0. The molecule has 3 aromatic rings. The number of nitrogens with two attached hydrogens (primary N) is 1. The summed E-state index contributed by atoms with van der Waals surface area (Å²) in [6, 6.07) is 15.9. The molecule has 2 aromatic carbocycles. The Morgan fingerprint density at radius 1 is 1.03 bits per heavy atom. The number of rotatable bonds is 10. The van der Waals surface area contributed by atoms with Crippen LogP contribution in [0.5, 0.6) is 0 Å². The van der Waals surface area contributed by atoms with E-state index in [1.807, 2.05) is 37.3 Å². The SMILES string of the molecule is CCCCn1c(N)c(N(CC(=O)Nc2ccc(C(=O)N(C)C)cc2)Cc2ccccc2)c(=O)[nH]c1=O. The van der Waals surface area contributed by atoms with Gasteiger partial charge >= 0.3 is 5.69 Å². The van der Waals surface area contributed by atoms with E-state index in [-0.39, 0.29) is 36.4 Å². The minimum Gasteiger partial charge on any atom is -0.383 e. The maximum atomic E-state index is 13.0. The van der Waals surface area contributed by atoms with E-state index < -0.39 is 11.2 Å². The summed E-state index contributed by atoms with van der Waals surface area (Å²) in [6.07, 6.45) is 1.55. The highest BCUT2D eigenvalue weighted by Crippen LogP contribution is 2.20. The molecule has 36 heavy (non-hydrogen) atoms. The van der Waals surface area contributed by atoms with Crippen molar-refractivity contribution in [1.82, 2.24) is 14.5 Å². The molecule has 10 heteroatoms. The molecule has 0 atom stereocenters. The van der Waals surface area contributed by atoms with Gasteiger partial charge in [-0.05, 0) is 36.2 Å². The fraction of sp³-hybridized carbons (Fsp3) is 0.308. The van der Waals surface area contributed by atoms with E-state index >= 15 is 0 Å². The molecule has 0 aliphatic rings. The van der Waals surface area contributed by atoms with Crippen LogP contribution < -0.4 is 27.2 Å².